The standard InChI is InChI=1S/C14H26O7/c1-3-8(16)11(17)7(2)4-5-9-12(18)14(20)13(19)10(6-15)21-9/h4-5,7-20H,3,6H2,1-2H3/b5-4-/t7-,8+,9+,10?,11-,12+,13-,14?/m0/s1. The van der Waals surface area contributed by atoms with Crippen LogP contribution in [0.15, 0.2) is 12.2 Å². The molecule has 0 bridgehead atoms. The summed E-state index contributed by atoms with van der Waals surface area (Å²) >= 11 is 0. The zero-order valence-corrected chi connectivity index (χ0v) is 12.3. The highest BCUT2D eigenvalue weighted by Crippen LogP contribution is 2.23. The molecule has 1 aliphatic heterocycles. The van der Waals surface area contributed by atoms with Gasteiger partial charge in [-0.25, -0.2) is 0 Å². The lowest BCUT2D eigenvalue weighted by Crippen LogP contribution is -2.57. The van der Waals surface area contributed by atoms with Gasteiger partial charge < -0.3 is 35.4 Å². The van der Waals surface area contributed by atoms with Gasteiger partial charge >= 0.3 is 0 Å². The van der Waals surface area contributed by atoms with Crippen LogP contribution in [0.4, 0.5) is 0 Å². The second-order valence-corrected chi connectivity index (χ2v) is 5.50. The largest absolute Gasteiger partial charge is 0.394 e. The first-order valence-electron chi connectivity index (χ1n) is 7.18. The van der Waals surface area contributed by atoms with Gasteiger partial charge in [0.25, 0.3) is 0 Å². The Morgan fingerprint density at radius 3 is 2.24 bits per heavy atom. The molecule has 0 aromatic heterocycles. The van der Waals surface area contributed by atoms with E-state index in [1.807, 2.05) is 0 Å². The lowest BCUT2D eigenvalue weighted by Gasteiger charge is -2.39. The zero-order chi connectivity index (χ0) is 16.2. The van der Waals surface area contributed by atoms with Crippen LogP contribution in [0.3, 0.4) is 0 Å². The van der Waals surface area contributed by atoms with E-state index >= 15 is 0 Å². The fourth-order valence-electron chi connectivity index (χ4n) is 2.28. The first-order valence-corrected chi connectivity index (χ1v) is 7.18. The van der Waals surface area contributed by atoms with E-state index in [9.17, 15) is 25.5 Å². The van der Waals surface area contributed by atoms with Crippen molar-refractivity contribution in [2.45, 2.75) is 63.0 Å². The summed E-state index contributed by atoms with van der Waals surface area (Å²) in [5.41, 5.74) is 0. The minimum Gasteiger partial charge on any atom is -0.394 e. The first-order chi connectivity index (χ1) is 9.83. The van der Waals surface area contributed by atoms with Gasteiger partial charge in [0.2, 0.25) is 0 Å². The number of hydrogen-bond donors (Lipinski definition) is 6. The van der Waals surface area contributed by atoms with Crippen molar-refractivity contribution in [3.05, 3.63) is 12.2 Å². The van der Waals surface area contributed by atoms with Crippen molar-refractivity contribution in [1.29, 1.82) is 0 Å². The van der Waals surface area contributed by atoms with Crippen LogP contribution in [0.5, 0.6) is 0 Å². The molecule has 7 nitrogen and oxygen atoms in total. The predicted molar refractivity (Wildman–Crippen MR) is 74.4 cm³/mol. The molecular weight excluding hydrogens is 280 g/mol. The van der Waals surface area contributed by atoms with Gasteiger partial charge in [-0.2, -0.15) is 0 Å². The molecule has 0 aliphatic carbocycles. The smallest absolute Gasteiger partial charge is 0.112 e. The summed E-state index contributed by atoms with van der Waals surface area (Å²) in [6.45, 7) is 2.97. The van der Waals surface area contributed by atoms with Gasteiger partial charge in [0.1, 0.15) is 30.5 Å². The lowest BCUT2D eigenvalue weighted by molar-refractivity contribution is -0.216. The Morgan fingerprint density at radius 2 is 1.71 bits per heavy atom. The third-order valence-corrected chi connectivity index (χ3v) is 3.88. The number of hydrogen-bond acceptors (Lipinski definition) is 7. The number of aliphatic hydroxyl groups is 6. The fourth-order valence-corrected chi connectivity index (χ4v) is 2.28. The minimum absolute atomic E-state index is 0.382. The third-order valence-electron chi connectivity index (χ3n) is 3.88. The van der Waals surface area contributed by atoms with E-state index in [0.717, 1.165) is 0 Å². The Hall–Kier alpha value is -0.540. The van der Waals surface area contributed by atoms with E-state index in [4.69, 9.17) is 9.84 Å². The molecule has 0 radical (unpaired) electrons. The molecule has 0 aromatic rings. The second kappa shape index (κ2) is 8.19. The number of ether oxygens (including phenoxy) is 1. The van der Waals surface area contributed by atoms with Gasteiger partial charge in [-0.05, 0) is 6.42 Å². The lowest BCUT2D eigenvalue weighted by atomic mass is 9.93. The fraction of sp³-hybridized carbons (Fsp3) is 0.857. The number of rotatable bonds is 6. The van der Waals surface area contributed by atoms with Crippen molar-refractivity contribution < 1.29 is 35.4 Å². The van der Waals surface area contributed by atoms with Crippen molar-refractivity contribution in [1.82, 2.24) is 0 Å². The monoisotopic (exact) mass is 306 g/mol. The van der Waals surface area contributed by atoms with Crippen LogP contribution in [0, 0.1) is 5.92 Å². The van der Waals surface area contributed by atoms with Crippen LogP contribution in [-0.4, -0.2) is 80.0 Å². The molecule has 0 saturated carbocycles. The van der Waals surface area contributed by atoms with E-state index in [-0.39, 0.29) is 5.92 Å². The maximum absolute atomic E-state index is 9.85. The average molecular weight is 306 g/mol. The maximum atomic E-state index is 9.85. The molecule has 1 aliphatic rings. The quantitative estimate of drug-likeness (QED) is 0.318. The molecule has 6 N–H and O–H groups in total. The molecule has 1 rings (SSSR count). The van der Waals surface area contributed by atoms with Gasteiger partial charge in [-0.1, -0.05) is 26.0 Å². The van der Waals surface area contributed by atoms with Gasteiger partial charge in [0, 0.05) is 5.92 Å². The highest BCUT2D eigenvalue weighted by molar-refractivity contribution is 5.04. The Bertz CT molecular complexity index is 333. The molecule has 2 unspecified atom stereocenters. The SMILES string of the molecule is CC[C@@H](O)[C@@H](O)[C@@H](C)/C=C\[C@H]1OC(CO)[C@H](O)C(O)[C@@H]1O. The van der Waals surface area contributed by atoms with E-state index in [2.05, 4.69) is 0 Å². The molecule has 0 spiro atoms. The Morgan fingerprint density at radius 1 is 1.10 bits per heavy atom. The number of aliphatic hydroxyl groups excluding tert-OH is 6. The molecule has 8 atom stereocenters. The van der Waals surface area contributed by atoms with E-state index < -0.39 is 49.3 Å². The summed E-state index contributed by atoms with van der Waals surface area (Å²) < 4.78 is 5.31. The first kappa shape index (κ1) is 18.5. The van der Waals surface area contributed by atoms with Crippen molar-refractivity contribution in [3.63, 3.8) is 0 Å². The predicted octanol–water partition coefficient (Wildman–Crippen LogP) is -1.85. The highest BCUT2D eigenvalue weighted by atomic mass is 16.5. The normalized spacial score (nSPS) is 38.4. The summed E-state index contributed by atoms with van der Waals surface area (Å²) in [6.07, 6.45) is -4.37. The molecule has 7 heteroatoms. The van der Waals surface area contributed by atoms with E-state index in [1.165, 1.54) is 6.08 Å². The summed E-state index contributed by atoms with van der Waals surface area (Å²) in [5.74, 6) is -0.382. The van der Waals surface area contributed by atoms with Crippen LogP contribution in [0.1, 0.15) is 20.3 Å². The molecule has 21 heavy (non-hydrogen) atoms. The summed E-state index contributed by atoms with van der Waals surface area (Å²) in [7, 11) is 0. The molecule has 0 amide bonds. The molecular formula is C14H26O7. The van der Waals surface area contributed by atoms with Crippen molar-refractivity contribution in [2.24, 2.45) is 5.92 Å². The second-order valence-electron chi connectivity index (χ2n) is 5.50. The molecule has 0 aromatic carbocycles. The molecule has 1 saturated heterocycles. The van der Waals surface area contributed by atoms with Crippen LogP contribution in [0.25, 0.3) is 0 Å². The van der Waals surface area contributed by atoms with E-state index in [1.54, 1.807) is 19.9 Å². The molecule has 1 fully saturated rings. The maximum Gasteiger partial charge on any atom is 0.112 e. The highest BCUT2D eigenvalue weighted by Gasteiger charge is 2.42. The van der Waals surface area contributed by atoms with Crippen molar-refractivity contribution in [3.8, 4) is 0 Å². The molecule has 1 heterocycles. The van der Waals surface area contributed by atoms with Crippen molar-refractivity contribution in [2.75, 3.05) is 6.61 Å². The minimum atomic E-state index is -1.42. The van der Waals surface area contributed by atoms with Gasteiger partial charge in [-0.15, -0.1) is 0 Å². The van der Waals surface area contributed by atoms with E-state index in [0.29, 0.717) is 6.42 Å². The summed E-state index contributed by atoms with van der Waals surface area (Å²) in [6, 6.07) is 0. The van der Waals surface area contributed by atoms with Crippen molar-refractivity contribution >= 4 is 0 Å². The van der Waals surface area contributed by atoms with Gasteiger partial charge in [-0.3, -0.25) is 0 Å². The average Bonchev–Trinajstić information content (AvgIpc) is 2.50. The molecule has 124 valence electrons. The summed E-state index contributed by atoms with van der Waals surface area (Å²) in [4.78, 5) is 0. The topological polar surface area (TPSA) is 131 Å². The van der Waals surface area contributed by atoms with Gasteiger partial charge in [0.05, 0.1) is 18.8 Å². The van der Waals surface area contributed by atoms with Crippen LogP contribution < -0.4 is 0 Å². The summed E-state index contributed by atoms with van der Waals surface area (Å²) in [5, 5.41) is 57.6. The van der Waals surface area contributed by atoms with Crippen LogP contribution in [-0.2, 0) is 4.74 Å². The Kier molecular flexibility index (Phi) is 7.22. The van der Waals surface area contributed by atoms with Gasteiger partial charge in [0.15, 0.2) is 0 Å². The zero-order valence-electron chi connectivity index (χ0n) is 12.3. The third kappa shape index (κ3) is 4.46. The van der Waals surface area contributed by atoms with Crippen LogP contribution >= 0.6 is 0 Å². The Balaban J connectivity index is 2.69. The Labute approximate surface area is 124 Å². The van der Waals surface area contributed by atoms with Crippen LogP contribution in [0.2, 0.25) is 0 Å².